The van der Waals surface area contributed by atoms with E-state index in [1.807, 2.05) is 48.5 Å². The molecule has 0 saturated heterocycles. The van der Waals surface area contributed by atoms with Crippen LogP contribution in [0.2, 0.25) is 0 Å². The van der Waals surface area contributed by atoms with Gasteiger partial charge in [-0.25, -0.2) is 0 Å². The zero-order valence-electron chi connectivity index (χ0n) is 11.0. The van der Waals surface area contributed by atoms with Gasteiger partial charge in [0.1, 0.15) is 0 Å². The van der Waals surface area contributed by atoms with Gasteiger partial charge < -0.3 is 5.32 Å². The smallest absolute Gasteiger partial charge is 0.251 e. The topological polar surface area (TPSA) is 29.1 Å². The molecule has 0 saturated carbocycles. The molecule has 3 heteroatoms. The van der Waals surface area contributed by atoms with Crippen LogP contribution < -0.4 is 5.32 Å². The van der Waals surface area contributed by atoms with Gasteiger partial charge in [0.2, 0.25) is 0 Å². The summed E-state index contributed by atoms with van der Waals surface area (Å²) in [6.45, 7) is 0.673. The fourth-order valence-electron chi connectivity index (χ4n) is 2.19. The van der Waals surface area contributed by atoms with Gasteiger partial charge in [-0.15, -0.1) is 11.3 Å². The molecule has 3 aromatic rings. The third-order valence-corrected chi connectivity index (χ3v) is 4.18. The van der Waals surface area contributed by atoms with E-state index < -0.39 is 0 Å². The quantitative estimate of drug-likeness (QED) is 0.772. The van der Waals surface area contributed by atoms with Crippen LogP contribution >= 0.6 is 11.3 Å². The molecule has 3 rings (SSSR count). The Bertz CT molecular complexity index is 719. The Morgan fingerprint density at radius 1 is 1.00 bits per heavy atom. The van der Waals surface area contributed by atoms with Crippen LogP contribution in [0.3, 0.4) is 0 Å². The number of hydrogen-bond acceptors (Lipinski definition) is 2. The number of carbonyl (C=O) groups excluding carboxylic acids is 1. The average molecular weight is 281 g/mol. The van der Waals surface area contributed by atoms with Gasteiger partial charge in [-0.2, -0.15) is 0 Å². The Hall–Kier alpha value is -2.13. The first-order chi connectivity index (χ1) is 9.83. The molecule has 0 unspecified atom stereocenters. The van der Waals surface area contributed by atoms with Gasteiger partial charge in [-0.05, 0) is 40.8 Å². The van der Waals surface area contributed by atoms with E-state index in [-0.39, 0.29) is 5.91 Å². The van der Waals surface area contributed by atoms with Crippen LogP contribution in [-0.2, 0) is 6.42 Å². The van der Waals surface area contributed by atoms with Crippen molar-refractivity contribution in [3.05, 3.63) is 70.4 Å². The maximum absolute atomic E-state index is 12.1. The fourth-order valence-corrected chi connectivity index (χ4v) is 2.90. The fraction of sp³-hybridized carbons (Fsp3) is 0.118. The second-order valence-electron chi connectivity index (χ2n) is 4.65. The minimum absolute atomic E-state index is 0.00712. The maximum atomic E-state index is 12.1. The van der Waals surface area contributed by atoms with Crippen LogP contribution in [0.4, 0.5) is 0 Å². The molecule has 0 aliphatic carbocycles. The molecule has 0 aliphatic rings. The van der Waals surface area contributed by atoms with Gasteiger partial charge >= 0.3 is 0 Å². The molecule has 1 amide bonds. The normalized spacial score (nSPS) is 10.6. The molecule has 1 aromatic heterocycles. The van der Waals surface area contributed by atoms with Gasteiger partial charge in [-0.1, -0.05) is 36.4 Å². The monoisotopic (exact) mass is 281 g/mol. The lowest BCUT2D eigenvalue weighted by atomic mass is 10.1. The van der Waals surface area contributed by atoms with E-state index in [1.54, 1.807) is 11.3 Å². The Morgan fingerprint density at radius 2 is 1.85 bits per heavy atom. The van der Waals surface area contributed by atoms with Gasteiger partial charge in [-0.3, -0.25) is 4.79 Å². The molecular formula is C17H15NOS. The number of carbonyl (C=O) groups is 1. The number of fused-ring (bicyclic) bond motifs is 1. The summed E-state index contributed by atoms with van der Waals surface area (Å²) in [5.74, 6) is -0.00712. The van der Waals surface area contributed by atoms with Gasteiger partial charge in [0.15, 0.2) is 0 Å². The third-order valence-electron chi connectivity index (χ3n) is 3.25. The first kappa shape index (κ1) is 12.9. The highest BCUT2D eigenvalue weighted by Crippen LogP contribution is 2.15. The zero-order chi connectivity index (χ0) is 13.8. The van der Waals surface area contributed by atoms with E-state index in [0.29, 0.717) is 6.54 Å². The summed E-state index contributed by atoms with van der Waals surface area (Å²) >= 11 is 1.72. The highest BCUT2D eigenvalue weighted by atomic mass is 32.1. The van der Waals surface area contributed by atoms with Crippen LogP contribution in [0.25, 0.3) is 10.8 Å². The van der Waals surface area contributed by atoms with E-state index in [2.05, 4.69) is 16.8 Å². The average Bonchev–Trinajstić information content (AvgIpc) is 3.00. The van der Waals surface area contributed by atoms with Crippen molar-refractivity contribution in [3.63, 3.8) is 0 Å². The SMILES string of the molecule is O=C(NCCc1cccs1)c1ccc2ccccc2c1. The van der Waals surface area contributed by atoms with E-state index in [1.165, 1.54) is 4.88 Å². The van der Waals surface area contributed by atoms with Crippen LogP contribution in [-0.4, -0.2) is 12.5 Å². The highest BCUT2D eigenvalue weighted by Gasteiger charge is 2.05. The molecule has 0 aliphatic heterocycles. The molecule has 20 heavy (non-hydrogen) atoms. The number of nitrogens with one attached hydrogen (secondary N) is 1. The number of rotatable bonds is 4. The Morgan fingerprint density at radius 3 is 2.65 bits per heavy atom. The molecule has 1 heterocycles. The van der Waals surface area contributed by atoms with Gasteiger partial charge in [0, 0.05) is 17.0 Å². The molecule has 1 N–H and O–H groups in total. The summed E-state index contributed by atoms with van der Waals surface area (Å²) in [6.07, 6.45) is 0.886. The third kappa shape index (κ3) is 2.89. The lowest BCUT2D eigenvalue weighted by molar-refractivity contribution is 0.0954. The van der Waals surface area contributed by atoms with Crippen molar-refractivity contribution in [3.8, 4) is 0 Å². The number of hydrogen-bond donors (Lipinski definition) is 1. The van der Waals surface area contributed by atoms with Gasteiger partial charge in [0.05, 0.1) is 0 Å². The molecule has 2 nitrogen and oxygen atoms in total. The zero-order valence-corrected chi connectivity index (χ0v) is 11.8. The van der Waals surface area contributed by atoms with E-state index >= 15 is 0 Å². The molecule has 0 radical (unpaired) electrons. The van der Waals surface area contributed by atoms with Crippen LogP contribution in [0, 0.1) is 0 Å². The second-order valence-corrected chi connectivity index (χ2v) is 5.68. The lowest BCUT2D eigenvalue weighted by Crippen LogP contribution is -2.25. The number of benzene rings is 2. The summed E-state index contributed by atoms with van der Waals surface area (Å²) < 4.78 is 0. The first-order valence-electron chi connectivity index (χ1n) is 6.62. The summed E-state index contributed by atoms with van der Waals surface area (Å²) in [7, 11) is 0. The standard InChI is InChI=1S/C17H15NOS/c19-17(18-10-9-16-6-3-11-20-16)15-8-7-13-4-1-2-5-14(13)12-15/h1-8,11-12H,9-10H2,(H,18,19). The second kappa shape index (κ2) is 5.88. The Labute approximate surface area is 122 Å². The van der Waals surface area contributed by atoms with Crippen molar-refractivity contribution < 1.29 is 4.79 Å². The molecule has 0 bridgehead atoms. The molecule has 2 aromatic carbocycles. The summed E-state index contributed by atoms with van der Waals surface area (Å²) in [6, 6.07) is 18.0. The van der Waals surface area contributed by atoms with Crippen LogP contribution in [0.1, 0.15) is 15.2 Å². The van der Waals surface area contributed by atoms with E-state index in [9.17, 15) is 4.79 Å². The Kier molecular flexibility index (Phi) is 3.79. The van der Waals surface area contributed by atoms with Crippen molar-refractivity contribution in [1.29, 1.82) is 0 Å². The summed E-state index contributed by atoms with van der Waals surface area (Å²) in [5.41, 5.74) is 0.717. The van der Waals surface area contributed by atoms with Crippen molar-refractivity contribution in [1.82, 2.24) is 5.32 Å². The first-order valence-corrected chi connectivity index (χ1v) is 7.50. The van der Waals surface area contributed by atoms with Gasteiger partial charge in [0.25, 0.3) is 5.91 Å². The minimum atomic E-state index is -0.00712. The molecule has 0 spiro atoms. The van der Waals surface area contributed by atoms with Crippen molar-refractivity contribution >= 4 is 28.0 Å². The Balaban J connectivity index is 1.66. The molecule has 0 atom stereocenters. The van der Waals surface area contributed by atoms with Crippen LogP contribution in [0.15, 0.2) is 60.0 Å². The predicted molar refractivity (Wildman–Crippen MR) is 84.3 cm³/mol. The highest BCUT2D eigenvalue weighted by molar-refractivity contribution is 7.09. The summed E-state index contributed by atoms with van der Waals surface area (Å²) in [4.78, 5) is 13.4. The van der Waals surface area contributed by atoms with Crippen molar-refractivity contribution in [2.45, 2.75) is 6.42 Å². The molecular weight excluding hydrogens is 266 g/mol. The van der Waals surface area contributed by atoms with Crippen molar-refractivity contribution in [2.75, 3.05) is 6.54 Å². The molecule has 100 valence electrons. The lowest BCUT2D eigenvalue weighted by Gasteiger charge is -2.05. The predicted octanol–water partition coefficient (Wildman–Crippen LogP) is 3.87. The molecule has 0 fully saturated rings. The number of amides is 1. The largest absolute Gasteiger partial charge is 0.352 e. The van der Waals surface area contributed by atoms with Crippen LogP contribution in [0.5, 0.6) is 0 Å². The summed E-state index contributed by atoms with van der Waals surface area (Å²) in [5, 5.41) is 7.28. The van der Waals surface area contributed by atoms with Crippen molar-refractivity contribution in [2.24, 2.45) is 0 Å². The van der Waals surface area contributed by atoms with E-state index in [4.69, 9.17) is 0 Å². The minimum Gasteiger partial charge on any atom is -0.352 e. The number of thiophene rings is 1. The van der Waals surface area contributed by atoms with E-state index in [0.717, 1.165) is 22.8 Å². The maximum Gasteiger partial charge on any atom is 0.251 e.